The van der Waals surface area contributed by atoms with Crippen LogP contribution in [0.2, 0.25) is 0 Å². The molecule has 1 aliphatic rings. The molecule has 7 unspecified atom stereocenters. The number of aromatic hydroxyl groups is 2. The number of anilines is 1. The molecule has 0 aliphatic carbocycles. The van der Waals surface area contributed by atoms with E-state index in [-0.39, 0.29) is 47.1 Å². The van der Waals surface area contributed by atoms with Gasteiger partial charge in [-0.15, -0.1) is 0 Å². The van der Waals surface area contributed by atoms with Crippen LogP contribution in [0.4, 0.5) is 10.5 Å². The predicted octanol–water partition coefficient (Wildman–Crippen LogP) is 5.37. The van der Waals surface area contributed by atoms with Crippen molar-refractivity contribution in [3.8, 4) is 11.5 Å². The number of carbonyl (C=O) groups excluding carboxylic acids is 2. The van der Waals surface area contributed by atoms with Crippen LogP contribution in [0.3, 0.4) is 0 Å². The second-order valence-electron chi connectivity index (χ2n) is 10.6. The zero-order valence-electron chi connectivity index (χ0n) is 25.3. The molecule has 2 bridgehead atoms. The fourth-order valence-electron chi connectivity index (χ4n) is 5.44. The number of carbonyl (C=O) groups is 2. The van der Waals surface area contributed by atoms with E-state index in [0.29, 0.717) is 24.0 Å². The number of amides is 2. The summed E-state index contributed by atoms with van der Waals surface area (Å²) < 4.78 is 23.2. The number of primary amides is 1. The molecule has 0 fully saturated rings. The Labute approximate surface area is 243 Å². The topological polar surface area (TPSA) is 150 Å². The molecule has 1 aromatic carbocycles. The number of nitrogens with two attached hydrogens (primary N) is 1. The van der Waals surface area contributed by atoms with Gasteiger partial charge in [0.05, 0.1) is 24.0 Å². The minimum absolute atomic E-state index is 0.0562. The molecule has 41 heavy (non-hydrogen) atoms. The van der Waals surface area contributed by atoms with Gasteiger partial charge >= 0.3 is 6.09 Å². The van der Waals surface area contributed by atoms with Gasteiger partial charge in [0.15, 0.2) is 0 Å². The molecule has 0 aromatic heterocycles. The largest absolute Gasteiger partial charge is 0.508 e. The normalized spacial score (nSPS) is 31.7. The van der Waals surface area contributed by atoms with Gasteiger partial charge in [-0.1, -0.05) is 52.0 Å². The number of hydrogen-bond donors (Lipinski definition) is 4. The van der Waals surface area contributed by atoms with Crippen molar-refractivity contribution in [2.24, 2.45) is 23.5 Å². The first-order valence-electron chi connectivity index (χ1n) is 13.9. The van der Waals surface area contributed by atoms with Crippen LogP contribution in [-0.2, 0) is 23.7 Å². The summed E-state index contributed by atoms with van der Waals surface area (Å²) in [4.78, 5) is 24.8. The van der Waals surface area contributed by atoms with Gasteiger partial charge in [0.1, 0.15) is 17.6 Å². The highest BCUT2D eigenvalue weighted by Gasteiger charge is 2.33. The van der Waals surface area contributed by atoms with Crippen molar-refractivity contribution >= 4 is 17.7 Å². The third-order valence-corrected chi connectivity index (χ3v) is 7.60. The summed E-state index contributed by atoms with van der Waals surface area (Å²) in [5.41, 5.74) is 7.06. The van der Waals surface area contributed by atoms with Crippen molar-refractivity contribution in [3.05, 3.63) is 53.1 Å². The maximum absolute atomic E-state index is 13.0. The standard InChI is InChI=1S/C31H46N2O8/c1-9-21-13-19(4)29(40-8)25(38-6)14-20(5)28(39-7)23-15-22(34)16-24(26(23)35)33-30(36)18(3)12-10-11-17(2)27(21)41-31(32)37/h10-13,15-17,19-20,25,27-29,34-35H,9,14H2,1-8H3,(H2,32,37)(H,33,36)/b11-10-,18-12+,21-13+. The zero-order chi connectivity index (χ0) is 30.9. The first kappa shape index (κ1) is 33.9. The summed E-state index contributed by atoms with van der Waals surface area (Å²) in [6, 6.07) is 2.71. The summed E-state index contributed by atoms with van der Waals surface area (Å²) in [5.74, 6) is -1.42. The molecule has 2 amide bonds. The highest BCUT2D eigenvalue weighted by Crippen LogP contribution is 2.42. The maximum atomic E-state index is 13.0. The van der Waals surface area contributed by atoms with Crippen molar-refractivity contribution in [2.75, 3.05) is 26.6 Å². The molecule has 7 atom stereocenters. The van der Waals surface area contributed by atoms with Crippen LogP contribution in [0.1, 0.15) is 59.1 Å². The summed E-state index contributed by atoms with van der Waals surface area (Å²) in [7, 11) is 4.75. The Morgan fingerprint density at radius 3 is 2.29 bits per heavy atom. The van der Waals surface area contributed by atoms with Crippen LogP contribution < -0.4 is 11.1 Å². The van der Waals surface area contributed by atoms with Crippen molar-refractivity contribution in [3.63, 3.8) is 0 Å². The van der Waals surface area contributed by atoms with E-state index in [0.717, 1.165) is 5.57 Å². The Balaban J connectivity index is 2.71. The summed E-state index contributed by atoms with van der Waals surface area (Å²) in [6.45, 7) is 9.46. The van der Waals surface area contributed by atoms with Gasteiger partial charge in [0, 0.05) is 50.4 Å². The number of rotatable bonds is 5. The van der Waals surface area contributed by atoms with E-state index in [9.17, 15) is 19.8 Å². The van der Waals surface area contributed by atoms with E-state index < -0.39 is 24.2 Å². The van der Waals surface area contributed by atoms with Crippen LogP contribution in [0.25, 0.3) is 0 Å². The lowest BCUT2D eigenvalue weighted by atomic mass is 9.85. The second-order valence-corrected chi connectivity index (χ2v) is 10.6. The Morgan fingerprint density at radius 1 is 1.05 bits per heavy atom. The lowest BCUT2D eigenvalue weighted by molar-refractivity contribution is -0.112. The monoisotopic (exact) mass is 574 g/mol. The van der Waals surface area contributed by atoms with Gasteiger partial charge in [-0.05, 0) is 37.3 Å². The number of allylic oxidation sites excluding steroid dienone is 2. The van der Waals surface area contributed by atoms with Crippen LogP contribution in [0, 0.1) is 17.8 Å². The molecular weight excluding hydrogens is 528 g/mol. The fraction of sp³-hybridized carbons (Fsp3) is 0.548. The Morgan fingerprint density at radius 2 is 1.73 bits per heavy atom. The molecule has 228 valence electrons. The van der Waals surface area contributed by atoms with Gasteiger partial charge in [0.25, 0.3) is 5.91 Å². The minimum atomic E-state index is -0.881. The van der Waals surface area contributed by atoms with E-state index in [1.165, 1.54) is 19.2 Å². The van der Waals surface area contributed by atoms with Crippen LogP contribution in [-0.4, -0.2) is 61.9 Å². The molecule has 2 rings (SSSR count). The first-order valence-corrected chi connectivity index (χ1v) is 13.9. The van der Waals surface area contributed by atoms with E-state index in [2.05, 4.69) is 5.32 Å². The van der Waals surface area contributed by atoms with Gasteiger partial charge in [-0.2, -0.15) is 0 Å². The summed E-state index contributed by atoms with van der Waals surface area (Å²) in [5, 5.41) is 24.3. The lowest BCUT2D eigenvalue weighted by Gasteiger charge is -2.33. The number of nitrogens with one attached hydrogen (secondary N) is 1. The SMILES string of the molecule is CC/C1=C\C(C)C(OC)C(OC)CC(C)C(OC)c2cc(O)cc(c2O)NC(=O)/C(C)=C/C=C\C(C)C1OC(N)=O. The van der Waals surface area contributed by atoms with E-state index in [1.54, 1.807) is 33.3 Å². The molecule has 0 saturated heterocycles. The Kier molecular flexibility index (Phi) is 12.9. The predicted molar refractivity (Wildman–Crippen MR) is 158 cm³/mol. The molecule has 5 N–H and O–H groups in total. The minimum Gasteiger partial charge on any atom is -0.508 e. The maximum Gasteiger partial charge on any atom is 0.405 e. The van der Waals surface area contributed by atoms with Crippen molar-refractivity contribution in [1.29, 1.82) is 0 Å². The van der Waals surface area contributed by atoms with Gasteiger partial charge in [-0.25, -0.2) is 4.79 Å². The molecule has 0 saturated carbocycles. The zero-order valence-corrected chi connectivity index (χ0v) is 25.3. The quantitative estimate of drug-likeness (QED) is 0.208. The molecule has 10 heteroatoms. The average molecular weight is 575 g/mol. The van der Waals surface area contributed by atoms with Crippen molar-refractivity contribution < 1.29 is 38.7 Å². The molecule has 0 radical (unpaired) electrons. The first-order chi connectivity index (χ1) is 19.4. The van der Waals surface area contributed by atoms with Crippen LogP contribution in [0.5, 0.6) is 11.5 Å². The molecular formula is C31H46N2O8. The lowest BCUT2D eigenvalue weighted by Crippen LogP contribution is -2.37. The second kappa shape index (κ2) is 15.6. The Bertz CT molecular complexity index is 1150. The Hall–Kier alpha value is -3.34. The van der Waals surface area contributed by atoms with Gasteiger partial charge in [0.2, 0.25) is 0 Å². The van der Waals surface area contributed by atoms with Crippen LogP contribution in [0.15, 0.2) is 47.6 Å². The third kappa shape index (κ3) is 8.82. The smallest absolute Gasteiger partial charge is 0.405 e. The third-order valence-electron chi connectivity index (χ3n) is 7.60. The molecule has 10 nitrogen and oxygen atoms in total. The summed E-state index contributed by atoms with van der Waals surface area (Å²) in [6.07, 6.45) is 5.37. The number of benzene rings is 1. The number of ether oxygens (including phenoxy) is 4. The molecule has 0 spiro atoms. The number of fused-ring (bicyclic) bond motifs is 2. The van der Waals surface area contributed by atoms with Crippen LogP contribution >= 0.6 is 0 Å². The fourth-order valence-corrected chi connectivity index (χ4v) is 5.44. The highest BCUT2D eigenvalue weighted by molar-refractivity contribution is 6.04. The number of phenols is 2. The van der Waals surface area contributed by atoms with Crippen molar-refractivity contribution in [1.82, 2.24) is 0 Å². The molecule has 1 aliphatic heterocycles. The average Bonchev–Trinajstić information content (AvgIpc) is 2.92. The number of methoxy groups -OCH3 is 3. The van der Waals surface area contributed by atoms with E-state index in [1.807, 2.05) is 39.8 Å². The van der Waals surface area contributed by atoms with E-state index in [4.69, 9.17) is 24.7 Å². The number of hydrogen-bond acceptors (Lipinski definition) is 8. The van der Waals surface area contributed by atoms with Crippen molar-refractivity contribution in [2.45, 2.75) is 71.9 Å². The highest BCUT2D eigenvalue weighted by atomic mass is 16.6. The number of phenolic OH excluding ortho intramolecular Hbond substituents is 2. The molecule has 1 aromatic rings. The molecule has 1 heterocycles. The summed E-state index contributed by atoms with van der Waals surface area (Å²) >= 11 is 0. The van der Waals surface area contributed by atoms with E-state index >= 15 is 0 Å². The van der Waals surface area contributed by atoms with Gasteiger partial charge < -0.3 is 40.2 Å². The van der Waals surface area contributed by atoms with Gasteiger partial charge in [-0.3, -0.25) is 4.79 Å².